The quantitative estimate of drug-likeness (QED) is 0.637. The maximum absolute atomic E-state index is 11.4. The summed E-state index contributed by atoms with van der Waals surface area (Å²) in [5.74, 6) is 0. The predicted octanol–water partition coefficient (Wildman–Crippen LogP) is 0.328. The van der Waals surface area contributed by atoms with Gasteiger partial charge in [-0.2, -0.15) is 0 Å². The van der Waals surface area contributed by atoms with Gasteiger partial charge in [0.05, 0.1) is 5.56 Å². The van der Waals surface area contributed by atoms with Crippen molar-refractivity contribution in [1.82, 2.24) is 4.57 Å². The molecular formula is C8H10N2OS. The first-order valence-electron chi connectivity index (χ1n) is 3.50. The fraction of sp³-hybridized carbons (Fsp3) is 0.250. The van der Waals surface area contributed by atoms with E-state index in [1.54, 1.807) is 13.1 Å². The lowest BCUT2D eigenvalue weighted by Gasteiger charge is -2.04. The minimum absolute atomic E-state index is 0.137. The fourth-order valence-electron chi connectivity index (χ4n) is 0.915. The second kappa shape index (κ2) is 3.06. The Bertz CT molecular complexity index is 381. The van der Waals surface area contributed by atoms with Crippen LogP contribution in [0, 0.1) is 6.92 Å². The smallest absolute Gasteiger partial charge is 0.260 e. The van der Waals surface area contributed by atoms with Gasteiger partial charge in [0.15, 0.2) is 0 Å². The van der Waals surface area contributed by atoms with Gasteiger partial charge >= 0.3 is 0 Å². The van der Waals surface area contributed by atoms with Crippen LogP contribution in [0.25, 0.3) is 0 Å². The van der Waals surface area contributed by atoms with Gasteiger partial charge in [-0.25, -0.2) is 0 Å². The van der Waals surface area contributed by atoms with Gasteiger partial charge in [0.1, 0.15) is 4.99 Å². The summed E-state index contributed by atoms with van der Waals surface area (Å²) >= 11 is 4.72. The number of nitrogens with two attached hydrogens (primary N) is 1. The zero-order chi connectivity index (χ0) is 9.30. The lowest BCUT2D eigenvalue weighted by molar-refractivity contribution is 0.816. The van der Waals surface area contributed by atoms with E-state index >= 15 is 0 Å². The highest BCUT2D eigenvalue weighted by Crippen LogP contribution is 1.95. The summed E-state index contributed by atoms with van der Waals surface area (Å²) in [6.45, 7) is 1.85. The Balaban J connectivity index is 3.47. The van der Waals surface area contributed by atoms with Gasteiger partial charge in [0, 0.05) is 12.7 Å². The molecule has 0 aliphatic carbocycles. The molecule has 0 aliphatic heterocycles. The maximum atomic E-state index is 11.4. The Hall–Kier alpha value is -1.16. The molecule has 1 rings (SSSR count). The standard InChI is InChI=1S/C8H10N2OS/c1-5-3-4-6(7(9)12)8(11)10(5)2/h3-4H,1-2H3,(H2,9,12). The molecule has 64 valence electrons. The highest BCUT2D eigenvalue weighted by atomic mass is 32.1. The van der Waals surface area contributed by atoms with Crippen LogP contribution < -0.4 is 11.3 Å². The van der Waals surface area contributed by atoms with Crippen LogP contribution in [-0.2, 0) is 7.05 Å². The summed E-state index contributed by atoms with van der Waals surface area (Å²) in [6, 6.07) is 3.47. The molecule has 2 N–H and O–H groups in total. The van der Waals surface area contributed by atoms with Crippen molar-refractivity contribution < 1.29 is 0 Å². The molecule has 0 bridgehead atoms. The SMILES string of the molecule is Cc1ccc(C(N)=S)c(=O)n1C. The van der Waals surface area contributed by atoms with Gasteiger partial charge in [0.25, 0.3) is 5.56 Å². The Morgan fingerprint density at radius 1 is 1.58 bits per heavy atom. The molecule has 0 saturated carbocycles. The zero-order valence-electron chi connectivity index (χ0n) is 7.00. The summed E-state index contributed by atoms with van der Waals surface area (Å²) in [6.07, 6.45) is 0. The van der Waals surface area contributed by atoms with Gasteiger partial charge in [-0.05, 0) is 19.1 Å². The van der Waals surface area contributed by atoms with Crippen molar-refractivity contribution in [3.63, 3.8) is 0 Å². The summed E-state index contributed by atoms with van der Waals surface area (Å²) in [5.41, 5.74) is 6.50. The number of nitrogens with zero attached hydrogens (tertiary/aromatic N) is 1. The van der Waals surface area contributed by atoms with E-state index in [0.29, 0.717) is 5.56 Å². The van der Waals surface area contributed by atoms with Crippen LogP contribution in [0.1, 0.15) is 11.3 Å². The third kappa shape index (κ3) is 1.38. The monoisotopic (exact) mass is 182 g/mol. The van der Waals surface area contributed by atoms with E-state index in [9.17, 15) is 4.79 Å². The van der Waals surface area contributed by atoms with E-state index in [2.05, 4.69) is 0 Å². The van der Waals surface area contributed by atoms with E-state index in [0.717, 1.165) is 5.69 Å². The first-order chi connectivity index (χ1) is 5.54. The third-order valence-corrected chi connectivity index (χ3v) is 2.04. The molecule has 0 fully saturated rings. The molecule has 0 aromatic carbocycles. The molecule has 4 heteroatoms. The van der Waals surface area contributed by atoms with Crippen LogP contribution >= 0.6 is 12.2 Å². The average Bonchev–Trinajstić information content (AvgIpc) is 2.00. The molecular weight excluding hydrogens is 172 g/mol. The normalized spacial score (nSPS) is 9.83. The number of hydrogen-bond donors (Lipinski definition) is 1. The van der Waals surface area contributed by atoms with Crippen molar-refractivity contribution in [3.8, 4) is 0 Å². The third-order valence-electron chi connectivity index (χ3n) is 1.82. The Morgan fingerprint density at radius 2 is 2.17 bits per heavy atom. The van der Waals surface area contributed by atoms with Gasteiger partial charge < -0.3 is 10.3 Å². The summed E-state index contributed by atoms with van der Waals surface area (Å²) in [4.78, 5) is 11.6. The fourth-order valence-corrected chi connectivity index (χ4v) is 1.07. The second-order valence-corrected chi connectivity index (χ2v) is 3.06. The molecule has 0 radical (unpaired) electrons. The molecule has 1 heterocycles. The molecule has 0 saturated heterocycles. The lowest BCUT2D eigenvalue weighted by atomic mass is 10.2. The molecule has 0 amide bonds. The van der Waals surface area contributed by atoms with Crippen molar-refractivity contribution in [3.05, 3.63) is 33.7 Å². The van der Waals surface area contributed by atoms with Crippen LogP contribution in [0.5, 0.6) is 0 Å². The minimum atomic E-state index is -0.137. The molecule has 0 spiro atoms. The number of aromatic nitrogens is 1. The molecule has 1 aromatic heterocycles. The molecule has 12 heavy (non-hydrogen) atoms. The van der Waals surface area contributed by atoms with Crippen molar-refractivity contribution in [1.29, 1.82) is 0 Å². The maximum Gasteiger partial charge on any atom is 0.260 e. The first kappa shape index (κ1) is 8.93. The van der Waals surface area contributed by atoms with Crippen LogP contribution in [-0.4, -0.2) is 9.56 Å². The van der Waals surface area contributed by atoms with E-state index in [1.165, 1.54) is 4.57 Å². The topological polar surface area (TPSA) is 48.0 Å². The summed E-state index contributed by atoms with van der Waals surface area (Å²) < 4.78 is 1.52. The first-order valence-corrected chi connectivity index (χ1v) is 3.91. The van der Waals surface area contributed by atoms with Crippen LogP contribution in [0.4, 0.5) is 0 Å². The van der Waals surface area contributed by atoms with E-state index in [-0.39, 0.29) is 10.5 Å². The number of thiocarbonyl (C=S) groups is 1. The van der Waals surface area contributed by atoms with Gasteiger partial charge in [-0.1, -0.05) is 12.2 Å². The number of rotatable bonds is 1. The van der Waals surface area contributed by atoms with Crippen LogP contribution in [0.2, 0.25) is 0 Å². The van der Waals surface area contributed by atoms with Gasteiger partial charge in [-0.3, -0.25) is 4.79 Å². The number of hydrogen-bond acceptors (Lipinski definition) is 2. The highest BCUT2D eigenvalue weighted by Gasteiger charge is 2.04. The highest BCUT2D eigenvalue weighted by molar-refractivity contribution is 7.80. The van der Waals surface area contributed by atoms with Gasteiger partial charge in [0.2, 0.25) is 0 Å². The number of aryl methyl sites for hydroxylation is 1. The van der Waals surface area contributed by atoms with E-state index in [4.69, 9.17) is 18.0 Å². The molecule has 0 atom stereocenters. The van der Waals surface area contributed by atoms with Crippen molar-refractivity contribution in [2.75, 3.05) is 0 Å². The minimum Gasteiger partial charge on any atom is -0.389 e. The molecule has 3 nitrogen and oxygen atoms in total. The second-order valence-electron chi connectivity index (χ2n) is 2.62. The Labute approximate surface area is 75.8 Å². The molecule has 0 aliphatic rings. The van der Waals surface area contributed by atoms with Crippen LogP contribution in [0.3, 0.4) is 0 Å². The average molecular weight is 182 g/mol. The van der Waals surface area contributed by atoms with Crippen LogP contribution in [0.15, 0.2) is 16.9 Å². The summed E-state index contributed by atoms with van der Waals surface area (Å²) in [5, 5.41) is 0. The number of pyridine rings is 1. The Morgan fingerprint density at radius 3 is 2.67 bits per heavy atom. The van der Waals surface area contributed by atoms with Gasteiger partial charge in [-0.15, -0.1) is 0 Å². The Kier molecular flexibility index (Phi) is 2.28. The van der Waals surface area contributed by atoms with E-state index in [1.807, 2.05) is 13.0 Å². The van der Waals surface area contributed by atoms with Crippen molar-refractivity contribution in [2.45, 2.75) is 6.92 Å². The summed E-state index contributed by atoms with van der Waals surface area (Å²) in [7, 11) is 1.69. The predicted molar refractivity (Wildman–Crippen MR) is 52.3 cm³/mol. The van der Waals surface area contributed by atoms with Crippen molar-refractivity contribution >= 4 is 17.2 Å². The van der Waals surface area contributed by atoms with Crippen molar-refractivity contribution in [2.24, 2.45) is 12.8 Å². The molecule has 0 unspecified atom stereocenters. The molecule has 1 aromatic rings. The zero-order valence-corrected chi connectivity index (χ0v) is 7.81. The van der Waals surface area contributed by atoms with E-state index < -0.39 is 0 Å². The lowest BCUT2D eigenvalue weighted by Crippen LogP contribution is -2.28. The largest absolute Gasteiger partial charge is 0.389 e.